The third-order valence-electron chi connectivity index (χ3n) is 5.18. The van der Waals surface area contributed by atoms with Gasteiger partial charge in [-0.2, -0.15) is 13.2 Å². The molecule has 3 atom stereocenters. The van der Waals surface area contributed by atoms with E-state index in [1.807, 2.05) is 0 Å². The summed E-state index contributed by atoms with van der Waals surface area (Å²) in [5.74, 6) is -0.321. The van der Waals surface area contributed by atoms with Gasteiger partial charge in [-0.15, -0.1) is 0 Å². The molecule has 0 saturated heterocycles. The first-order chi connectivity index (χ1) is 9.81. The van der Waals surface area contributed by atoms with E-state index in [9.17, 15) is 23.1 Å². The summed E-state index contributed by atoms with van der Waals surface area (Å²) in [4.78, 5) is 11.8. The number of carboxylic acids is 1. The third-order valence-corrected chi connectivity index (χ3v) is 5.18. The molecule has 3 unspecified atom stereocenters. The van der Waals surface area contributed by atoms with Gasteiger partial charge in [-0.1, -0.05) is 24.6 Å². The Hall–Kier alpha value is -1.52. The van der Waals surface area contributed by atoms with Crippen LogP contribution in [0.1, 0.15) is 36.8 Å². The molecule has 0 heterocycles. The first kappa shape index (κ1) is 14.4. The smallest absolute Gasteiger partial charge is 0.416 e. The van der Waals surface area contributed by atoms with Crippen molar-refractivity contribution in [3.63, 3.8) is 0 Å². The standard InChI is InChI=1S/C16H17F3O2/c17-16(18,19)13-3-1-2-10(7-13)8-15(14(20)21)9-11-4-5-12(15)6-11/h1-3,7,11-12H,4-6,8-9H2,(H,20,21). The highest BCUT2D eigenvalue weighted by molar-refractivity contribution is 5.76. The van der Waals surface area contributed by atoms with Gasteiger partial charge in [-0.05, 0) is 49.1 Å². The van der Waals surface area contributed by atoms with E-state index >= 15 is 0 Å². The highest BCUT2D eigenvalue weighted by atomic mass is 19.4. The number of hydrogen-bond donors (Lipinski definition) is 1. The van der Waals surface area contributed by atoms with Gasteiger partial charge in [0.25, 0.3) is 0 Å². The molecule has 0 radical (unpaired) electrons. The lowest BCUT2D eigenvalue weighted by molar-refractivity contribution is -0.152. The number of alkyl halides is 3. The Labute approximate surface area is 121 Å². The van der Waals surface area contributed by atoms with E-state index in [1.54, 1.807) is 6.07 Å². The van der Waals surface area contributed by atoms with Crippen LogP contribution in [0.5, 0.6) is 0 Å². The van der Waals surface area contributed by atoms with Crippen LogP contribution in [0.15, 0.2) is 24.3 Å². The lowest BCUT2D eigenvalue weighted by Crippen LogP contribution is -2.38. The normalized spacial score (nSPS) is 31.6. The van der Waals surface area contributed by atoms with E-state index in [4.69, 9.17) is 0 Å². The number of carboxylic acid groups (broad SMARTS) is 1. The highest BCUT2D eigenvalue weighted by Gasteiger charge is 2.55. The summed E-state index contributed by atoms with van der Waals surface area (Å²) in [7, 11) is 0. The van der Waals surface area contributed by atoms with E-state index in [1.165, 1.54) is 6.07 Å². The lowest BCUT2D eigenvalue weighted by Gasteiger charge is -2.33. The molecular formula is C16H17F3O2. The minimum atomic E-state index is -4.39. The van der Waals surface area contributed by atoms with Gasteiger partial charge >= 0.3 is 12.1 Å². The number of carbonyl (C=O) groups is 1. The van der Waals surface area contributed by atoms with Crippen molar-refractivity contribution >= 4 is 5.97 Å². The predicted octanol–water partition coefficient (Wildman–Crippen LogP) is 4.14. The number of benzene rings is 1. The Morgan fingerprint density at radius 2 is 2.10 bits per heavy atom. The van der Waals surface area contributed by atoms with Crippen LogP contribution in [0.3, 0.4) is 0 Å². The molecule has 3 rings (SSSR count). The average molecular weight is 298 g/mol. The molecule has 2 saturated carbocycles. The van der Waals surface area contributed by atoms with Gasteiger partial charge in [-0.25, -0.2) is 0 Å². The molecule has 2 aliphatic rings. The summed E-state index contributed by atoms with van der Waals surface area (Å²) in [6, 6.07) is 5.08. The summed E-state index contributed by atoms with van der Waals surface area (Å²) >= 11 is 0. The summed E-state index contributed by atoms with van der Waals surface area (Å²) in [6.45, 7) is 0. The monoisotopic (exact) mass is 298 g/mol. The topological polar surface area (TPSA) is 37.3 Å². The van der Waals surface area contributed by atoms with E-state index in [0.717, 1.165) is 31.4 Å². The minimum absolute atomic E-state index is 0.106. The minimum Gasteiger partial charge on any atom is -0.481 e. The molecule has 0 aliphatic heterocycles. The fourth-order valence-corrected chi connectivity index (χ4v) is 4.22. The zero-order valence-corrected chi connectivity index (χ0v) is 11.5. The molecule has 2 bridgehead atoms. The molecule has 114 valence electrons. The number of rotatable bonds is 3. The van der Waals surface area contributed by atoms with Gasteiger partial charge in [0.1, 0.15) is 0 Å². The SMILES string of the molecule is O=C(O)C1(Cc2cccc(C(F)(F)F)c2)CC2CCC1C2. The van der Waals surface area contributed by atoms with E-state index in [2.05, 4.69) is 0 Å². The molecule has 2 nitrogen and oxygen atoms in total. The largest absolute Gasteiger partial charge is 0.481 e. The van der Waals surface area contributed by atoms with Crippen LogP contribution in [0, 0.1) is 17.3 Å². The molecule has 1 aromatic carbocycles. The van der Waals surface area contributed by atoms with E-state index in [0.29, 0.717) is 17.9 Å². The second-order valence-corrected chi connectivity index (χ2v) is 6.42. The number of aliphatic carboxylic acids is 1. The van der Waals surface area contributed by atoms with Crippen molar-refractivity contribution < 1.29 is 23.1 Å². The van der Waals surface area contributed by atoms with Crippen LogP contribution in [-0.4, -0.2) is 11.1 Å². The van der Waals surface area contributed by atoms with E-state index in [-0.39, 0.29) is 12.3 Å². The maximum absolute atomic E-state index is 12.8. The van der Waals surface area contributed by atoms with Crippen LogP contribution >= 0.6 is 0 Å². The molecule has 5 heteroatoms. The van der Waals surface area contributed by atoms with Gasteiger partial charge in [0, 0.05) is 0 Å². The Balaban J connectivity index is 1.90. The summed E-state index contributed by atoms with van der Waals surface area (Å²) < 4.78 is 38.3. The number of hydrogen-bond acceptors (Lipinski definition) is 1. The zero-order chi connectivity index (χ0) is 15.3. The summed E-state index contributed by atoms with van der Waals surface area (Å²) in [5.41, 5.74) is -1.10. The molecule has 0 spiro atoms. The van der Waals surface area contributed by atoms with Crippen LogP contribution in [-0.2, 0) is 17.4 Å². The van der Waals surface area contributed by atoms with Crippen LogP contribution < -0.4 is 0 Å². The Bertz CT molecular complexity index is 567. The summed E-state index contributed by atoms with van der Waals surface area (Å²) in [5, 5.41) is 9.65. The van der Waals surface area contributed by atoms with Crippen LogP contribution in [0.2, 0.25) is 0 Å². The van der Waals surface area contributed by atoms with Crippen molar-refractivity contribution in [2.45, 2.75) is 38.3 Å². The molecule has 1 N–H and O–H groups in total. The highest BCUT2D eigenvalue weighted by Crippen LogP contribution is 2.57. The molecule has 0 amide bonds. The Kier molecular flexibility index (Phi) is 3.26. The van der Waals surface area contributed by atoms with Crippen molar-refractivity contribution in [1.82, 2.24) is 0 Å². The molecule has 2 fully saturated rings. The van der Waals surface area contributed by atoms with Crippen molar-refractivity contribution in [2.75, 3.05) is 0 Å². The maximum Gasteiger partial charge on any atom is 0.416 e. The molecule has 2 aliphatic carbocycles. The zero-order valence-electron chi connectivity index (χ0n) is 11.5. The van der Waals surface area contributed by atoms with Gasteiger partial charge in [-0.3, -0.25) is 4.79 Å². The number of halogens is 3. The average Bonchev–Trinajstić information content (AvgIpc) is 2.99. The summed E-state index contributed by atoms with van der Waals surface area (Å²) in [6.07, 6.45) is -0.735. The van der Waals surface area contributed by atoms with Gasteiger partial charge in [0.05, 0.1) is 11.0 Å². The first-order valence-corrected chi connectivity index (χ1v) is 7.21. The fraction of sp³-hybridized carbons (Fsp3) is 0.562. The Morgan fingerprint density at radius 3 is 2.62 bits per heavy atom. The molecule has 0 aromatic heterocycles. The van der Waals surface area contributed by atoms with Crippen molar-refractivity contribution in [3.8, 4) is 0 Å². The van der Waals surface area contributed by atoms with Crippen LogP contribution in [0.4, 0.5) is 13.2 Å². The predicted molar refractivity (Wildman–Crippen MR) is 70.7 cm³/mol. The number of fused-ring (bicyclic) bond motifs is 2. The lowest BCUT2D eigenvalue weighted by atomic mass is 9.69. The van der Waals surface area contributed by atoms with Crippen molar-refractivity contribution in [1.29, 1.82) is 0 Å². The van der Waals surface area contributed by atoms with Crippen molar-refractivity contribution in [3.05, 3.63) is 35.4 Å². The van der Waals surface area contributed by atoms with E-state index < -0.39 is 23.1 Å². The Morgan fingerprint density at radius 1 is 1.33 bits per heavy atom. The molecule has 21 heavy (non-hydrogen) atoms. The third kappa shape index (κ3) is 2.43. The molecular weight excluding hydrogens is 281 g/mol. The maximum atomic E-state index is 12.8. The van der Waals surface area contributed by atoms with Gasteiger partial charge in [0.2, 0.25) is 0 Å². The van der Waals surface area contributed by atoms with Gasteiger partial charge < -0.3 is 5.11 Å². The fourth-order valence-electron chi connectivity index (χ4n) is 4.22. The second kappa shape index (κ2) is 4.75. The van der Waals surface area contributed by atoms with Crippen LogP contribution in [0.25, 0.3) is 0 Å². The second-order valence-electron chi connectivity index (χ2n) is 6.42. The molecule has 1 aromatic rings. The first-order valence-electron chi connectivity index (χ1n) is 7.21. The van der Waals surface area contributed by atoms with Crippen molar-refractivity contribution in [2.24, 2.45) is 17.3 Å². The van der Waals surface area contributed by atoms with Gasteiger partial charge in [0.15, 0.2) is 0 Å². The quantitative estimate of drug-likeness (QED) is 0.910.